The van der Waals surface area contributed by atoms with E-state index in [2.05, 4.69) is 17.6 Å². The molecule has 0 spiro atoms. The van der Waals surface area contributed by atoms with Crippen LogP contribution >= 0.6 is 11.8 Å². The largest absolute Gasteiger partial charge is 0.480 e. The molecule has 0 bridgehead atoms. The van der Waals surface area contributed by atoms with E-state index in [1.807, 2.05) is 13.2 Å². The minimum atomic E-state index is -0.984. The summed E-state index contributed by atoms with van der Waals surface area (Å²) in [7, 11) is 0. The molecule has 0 saturated heterocycles. The van der Waals surface area contributed by atoms with Gasteiger partial charge in [0.15, 0.2) is 0 Å². The molecule has 0 fully saturated rings. The normalized spacial score (nSPS) is 13.7. The number of amides is 2. The van der Waals surface area contributed by atoms with E-state index in [1.165, 1.54) is 0 Å². The van der Waals surface area contributed by atoms with Crippen molar-refractivity contribution in [3.8, 4) is 0 Å². The minimum Gasteiger partial charge on any atom is -0.480 e. The first-order valence-corrected chi connectivity index (χ1v) is 7.73. The van der Waals surface area contributed by atoms with Gasteiger partial charge in [-0.3, -0.25) is 0 Å². The van der Waals surface area contributed by atoms with Gasteiger partial charge >= 0.3 is 12.0 Å². The Morgan fingerprint density at radius 3 is 2.33 bits per heavy atom. The van der Waals surface area contributed by atoms with Crippen molar-refractivity contribution in [2.75, 3.05) is 12.0 Å². The molecule has 0 aliphatic carbocycles. The molecule has 2 amide bonds. The van der Waals surface area contributed by atoms with E-state index in [-0.39, 0.29) is 12.1 Å². The van der Waals surface area contributed by atoms with E-state index >= 15 is 0 Å². The van der Waals surface area contributed by atoms with Crippen LogP contribution in [0.3, 0.4) is 0 Å². The van der Waals surface area contributed by atoms with Crippen molar-refractivity contribution in [1.29, 1.82) is 0 Å². The predicted molar refractivity (Wildman–Crippen MR) is 75.1 cm³/mol. The molecule has 0 aromatic heterocycles. The number of nitrogens with one attached hydrogen (secondary N) is 2. The van der Waals surface area contributed by atoms with Crippen LogP contribution in [-0.2, 0) is 4.79 Å². The van der Waals surface area contributed by atoms with Gasteiger partial charge in [0.05, 0.1) is 0 Å². The van der Waals surface area contributed by atoms with Gasteiger partial charge in [0.2, 0.25) is 0 Å². The molecule has 1 unspecified atom stereocenters. The van der Waals surface area contributed by atoms with E-state index in [9.17, 15) is 9.59 Å². The number of aliphatic carboxylic acids is 1. The maximum Gasteiger partial charge on any atom is 0.326 e. The van der Waals surface area contributed by atoms with Gasteiger partial charge in [0, 0.05) is 6.04 Å². The molecule has 18 heavy (non-hydrogen) atoms. The van der Waals surface area contributed by atoms with E-state index in [1.54, 1.807) is 11.8 Å². The molecule has 0 rings (SSSR count). The monoisotopic (exact) mass is 276 g/mol. The van der Waals surface area contributed by atoms with Crippen LogP contribution < -0.4 is 10.6 Å². The zero-order valence-electron chi connectivity index (χ0n) is 11.4. The Labute approximate surface area is 113 Å². The lowest BCUT2D eigenvalue weighted by Crippen LogP contribution is -2.49. The van der Waals surface area contributed by atoms with Crippen LogP contribution in [0.5, 0.6) is 0 Å². The first-order valence-electron chi connectivity index (χ1n) is 6.33. The van der Waals surface area contributed by atoms with Crippen LogP contribution in [-0.4, -0.2) is 41.2 Å². The summed E-state index contributed by atoms with van der Waals surface area (Å²) in [4.78, 5) is 22.6. The first kappa shape index (κ1) is 17.1. The summed E-state index contributed by atoms with van der Waals surface area (Å²) >= 11 is 1.57. The lowest BCUT2D eigenvalue weighted by atomic mass is 10.1. The van der Waals surface area contributed by atoms with Gasteiger partial charge in [-0.15, -0.1) is 0 Å². The molecule has 106 valence electrons. The van der Waals surface area contributed by atoms with E-state index in [0.29, 0.717) is 12.2 Å². The van der Waals surface area contributed by atoms with Crippen molar-refractivity contribution < 1.29 is 14.7 Å². The molecule has 0 aromatic carbocycles. The second kappa shape index (κ2) is 10.1. The van der Waals surface area contributed by atoms with Crippen LogP contribution in [0.1, 0.15) is 39.5 Å². The van der Waals surface area contributed by atoms with Crippen LogP contribution in [0.25, 0.3) is 0 Å². The average molecular weight is 276 g/mol. The Hall–Kier alpha value is -0.910. The third kappa shape index (κ3) is 7.42. The molecule has 0 radical (unpaired) electrons. The zero-order valence-corrected chi connectivity index (χ0v) is 12.2. The molecular formula is C12H24N2O3S. The van der Waals surface area contributed by atoms with E-state index in [4.69, 9.17) is 5.11 Å². The lowest BCUT2D eigenvalue weighted by Gasteiger charge is -2.19. The molecule has 0 saturated carbocycles. The number of carbonyl (C=O) groups excluding carboxylic acids is 1. The fourth-order valence-corrected chi connectivity index (χ4v) is 2.08. The number of rotatable bonds is 9. The number of carboxylic acid groups (broad SMARTS) is 1. The van der Waals surface area contributed by atoms with Gasteiger partial charge in [0.25, 0.3) is 0 Å². The number of hydrogen-bond donors (Lipinski definition) is 3. The second-order valence-electron chi connectivity index (χ2n) is 4.18. The molecular weight excluding hydrogens is 252 g/mol. The quantitative estimate of drug-likeness (QED) is 0.602. The topological polar surface area (TPSA) is 78.4 Å². The Kier molecular flexibility index (Phi) is 9.55. The number of urea groups is 1. The van der Waals surface area contributed by atoms with Crippen molar-refractivity contribution in [1.82, 2.24) is 10.6 Å². The van der Waals surface area contributed by atoms with Crippen LogP contribution in [0.15, 0.2) is 0 Å². The summed E-state index contributed by atoms with van der Waals surface area (Å²) in [6.07, 6.45) is 5.10. The van der Waals surface area contributed by atoms with Crippen LogP contribution in [0.4, 0.5) is 4.79 Å². The van der Waals surface area contributed by atoms with Crippen molar-refractivity contribution in [2.45, 2.75) is 51.6 Å². The number of carbonyl (C=O) groups is 2. The fraction of sp³-hybridized carbons (Fsp3) is 0.833. The lowest BCUT2D eigenvalue weighted by molar-refractivity contribution is -0.139. The Balaban J connectivity index is 4.19. The maximum absolute atomic E-state index is 11.7. The number of carboxylic acids is 1. The summed E-state index contributed by atoms with van der Waals surface area (Å²) in [5, 5.41) is 14.3. The van der Waals surface area contributed by atoms with Crippen molar-refractivity contribution in [3.63, 3.8) is 0 Å². The van der Waals surface area contributed by atoms with Gasteiger partial charge in [-0.25, -0.2) is 9.59 Å². The molecule has 5 nitrogen and oxygen atoms in total. The highest BCUT2D eigenvalue weighted by molar-refractivity contribution is 7.98. The van der Waals surface area contributed by atoms with Crippen LogP contribution in [0.2, 0.25) is 0 Å². The SMILES string of the molecule is CCCC(CC)NC(=O)N[C@H](CCSC)C(=O)O. The highest BCUT2D eigenvalue weighted by atomic mass is 32.2. The van der Waals surface area contributed by atoms with Gasteiger partial charge in [0.1, 0.15) is 6.04 Å². The van der Waals surface area contributed by atoms with Crippen LogP contribution in [0, 0.1) is 0 Å². The standard InChI is InChI=1S/C12H24N2O3S/c1-4-6-9(5-2)13-12(17)14-10(11(15)16)7-8-18-3/h9-10H,4-8H2,1-3H3,(H,15,16)(H2,13,14,17)/t9?,10-/m1/s1. The summed E-state index contributed by atoms with van der Waals surface area (Å²) in [5.74, 6) is -0.272. The minimum absolute atomic E-state index is 0.116. The molecule has 0 aliphatic heterocycles. The molecule has 0 aliphatic rings. The first-order chi connectivity index (χ1) is 8.54. The second-order valence-corrected chi connectivity index (χ2v) is 5.17. The average Bonchev–Trinajstić information content (AvgIpc) is 2.33. The molecule has 3 N–H and O–H groups in total. The number of thioether (sulfide) groups is 1. The highest BCUT2D eigenvalue weighted by Gasteiger charge is 2.20. The molecule has 2 atom stereocenters. The Morgan fingerprint density at radius 1 is 1.22 bits per heavy atom. The molecule has 0 aromatic rings. The fourth-order valence-electron chi connectivity index (χ4n) is 1.61. The molecule has 6 heteroatoms. The highest BCUT2D eigenvalue weighted by Crippen LogP contribution is 2.03. The van der Waals surface area contributed by atoms with Crippen molar-refractivity contribution >= 4 is 23.8 Å². The maximum atomic E-state index is 11.7. The van der Waals surface area contributed by atoms with E-state index < -0.39 is 12.0 Å². The summed E-state index contributed by atoms with van der Waals surface area (Å²) in [6.45, 7) is 4.06. The zero-order chi connectivity index (χ0) is 14.0. The van der Waals surface area contributed by atoms with Gasteiger partial charge in [-0.1, -0.05) is 20.3 Å². The summed E-state index contributed by atoms with van der Waals surface area (Å²) in [5.41, 5.74) is 0. The third-order valence-electron chi connectivity index (χ3n) is 2.68. The van der Waals surface area contributed by atoms with E-state index in [0.717, 1.165) is 19.3 Å². The summed E-state index contributed by atoms with van der Waals surface area (Å²) in [6, 6.07) is -1.08. The number of hydrogen-bond acceptors (Lipinski definition) is 3. The molecule has 0 heterocycles. The third-order valence-corrected chi connectivity index (χ3v) is 3.32. The Bertz CT molecular complexity index is 262. The smallest absolute Gasteiger partial charge is 0.326 e. The van der Waals surface area contributed by atoms with Gasteiger partial charge < -0.3 is 15.7 Å². The van der Waals surface area contributed by atoms with Crippen molar-refractivity contribution in [3.05, 3.63) is 0 Å². The van der Waals surface area contributed by atoms with Crippen molar-refractivity contribution in [2.24, 2.45) is 0 Å². The summed E-state index contributed by atoms with van der Waals surface area (Å²) < 4.78 is 0. The Morgan fingerprint density at radius 2 is 1.89 bits per heavy atom. The predicted octanol–water partition coefficient (Wildman–Crippen LogP) is 2.07. The van der Waals surface area contributed by atoms with Gasteiger partial charge in [-0.05, 0) is 31.3 Å². The van der Waals surface area contributed by atoms with Gasteiger partial charge in [-0.2, -0.15) is 11.8 Å².